The summed E-state index contributed by atoms with van der Waals surface area (Å²) < 4.78 is 11.7. The van der Waals surface area contributed by atoms with Crippen molar-refractivity contribution < 1.29 is 42.8 Å². The van der Waals surface area contributed by atoms with Gasteiger partial charge in [0.2, 0.25) is 5.89 Å². The number of carbonyl (C=O) groups is 1. The molecular formula is C28H25LiN2O5. The summed E-state index contributed by atoms with van der Waals surface area (Å²) in [5, 5.41) is 15.0. The number of nitrogens with zero attached hydrogens (tertiary/aromatic N) is 2. The largest absolute Gasteiger partial charge is 1.00 e. The van der Waals surface area contributed by atoms with E-state index in [4.69, 9.17) is 14.0 Å². The summed E-state index contributed by atoms with van der Waals surface area (Å²) in [5.74, 6) is 0.866. The number of oxazole rings is 1. The molecule has 0 atom stereocenters. The van der Waals surface area contributed by atoms with Gasteiger partial charge in [-0.15, -0.1) is 0 Å². The molecule has 8 heteroatoms. The van der Waals surface area contributed by atoms with E-state index in [0.717, 1.165) is 28.1 Å². The molecule has 36 heavy (non-hydrogen) atoms. The van der Waals surface area contributed by atoms with Crippen LogP contribution in [-0.2, 0) is 22.8 Å². The van der Waals surface area contributed by atoms with E-state index in [9.17, 15) is 9.90 Å². The van der Waals surface area contributed by atoms with Crippen LogP contribution >= 0.6 is 0 Å². The first-order chi connectivity index (χ1) is 17.1. The second kappa shape index (κ2) is 13.3. The van der Waals surface area contributed by atoms with Crippen LogP contribution in [0.2, 0.25) is 0 Å². The standard InChI is InChI=1S/C28H26N2O5.Li/c1-20-26(29-28(35-20)23-10-6-3-7-11-23)19-33-24-14-12-21(13-15-24)18-34-30-25(16-17-27(31)32)22-8-4-2-5-9-22;/h2-15H,16-19H2,1H3,(H,31,32);/q;+1/p-1/b30-25-;. The maximum Gasteiger partial charge on any atom is 1.00 e. The van der Waals surface area contributed by atoms with Crippen LogP contribution in [-0.4, -0.2) is 16.7 Å². The molecule has 3 aromatic carbocycles. The molecule has 0 N–H and O–H groups in total. The minimum atomic E-state index is -1.12. The quantitative estimate of drug-likeness (QED) is 0.186. The number of ether oxygens (including phenoxy) is 1. The van der Waals surface area contributed by atoms with Crippen LogP contribution in [0.1, 0.15) is 35.4 Å². The Hall–Kier alpha value is -3.79. The van der Waals surface area contributed by atoms with E-state index in [0.29, 0.717) is 24.0 Å². The SMILES string of the molecule is Cc1oc(-c2ccccc2)nc1COc1ccc(CO/N=C(/CCC(=O)[O-])c2ccccc2)cc1.[Li+]. The van der Waals surface area contributed by atoms with Crippen molar-refractivity contribution >= 4 is 11.7 Å². The van der Waals surface area contributed by atoms with Gasteiger partial charge in [0.1, 0.15) is 30.4 Å². The number of aryl methyl sites for hydroxylation is 1. The van der Waals surface area contributed by atoms with Gasteiger partial charge in [0, 0.05) is 11.5 Å². The number of rotatable bonds is 11. The number of aromatic nitrogens is 1. The third kappa shape index (κ3) is 7.61. The van der Waals surface area contributed by atoms with Gasteiger partial charge in [-0.2, -0.15) is 0 Å². The smallest absolute Gasteiger partial charge is 0.550 e. The summed E-state index contributed by atoms with van der Waals surface area (Å²) in [6, 6.07) is 26.6. The van der Waals surface area contributed by atoms with E-state index in [-0.39, 0.29) is 38.3 Å². The summed E-state index contributed by atoms with van der Waals surface area (Å²) >= 11 is 0. The fraction of sp³-hybridized carbons (Fsp3) is 0.179. The van der Waals surface area contributed by atoms with E-state index in [1.165, 1.54) is 0 Å². The predicted octanol–water partition coefficient (Wildman–Crippen LogP) is 1.68. The van der Waals surface area contributed by atoms with Crippen LogP contribution in [0.25, 0.3) is 11.5 Å². The van der Waals surface area contributed by atoms with E-state index in [1.54, 1.807) is 0 Å². The van der Waals surface area contributed by atoms with Gasteiger partial charge in [-0.1, -0.05) is 65.8 Å². The average Bonchev–Trinajstić information content (AvgIpc) is 3.27. The van der Waals surface area contributed by atoms with Gasteiger partial charge in [-0.3, -0.25) is 0 Å². The third-order valence-corrected chi connectivity index (χ3v) is 5.29. The van der Waals surface area contributed by atoms with Crippen molar-refractivity contribution in [1.29, 1.82) is 0 Å². The monoisotopic (exact) mass is 476 g/mol. The summed E-state index contributed by atoms with van der Waals surface area (Å²) in [4.78, 5) is 20.9. The van der Waals surface area contributed by atoms with Crippen molar-refractivity contribution in [2.45, 2.75) is 33.0 Å². The molecule has 0 saturated heterocycles. The Morgan fingerprint density at radius 3 is 2.25 bits per heavy atom. The first kappa shape index (κ1) is 26.8. The van der Waals surface area contributed by atoms with E-state index in [2.05, 4.69) is 10.1 Å². The maximum absolute atomic E-state index is 10.9. The summed E-state index contributed by atoms with van der Waals surface area (Å²) in [6.45, 7) is 2.40. The predicted molar refractivity (Wildman–Crippen MR) is 129 cm³/mol. The number of aliphatic carboxylic acids is 1. The molecule has 4 aromatic rings. The van der Waals surface area contributed by atoms with Crippen molar-refractivity contribution in [3.05, 3.63) is 108 Å². The van der Waals surface area contributed by atoms with Crippen molar-refractivity contribution in [3.63, 3.8) is 0 Å². The molecule has 1 heterocycles. The van der Waals surface area contributed by atoms with E-state index >= 15 is 0 Å². The van der Waals surface area contributed by atoms with Crippen LogP contribution < -0.4 is 28.7 Å². The normalized spacial score (nSPS) is 11.0. The first-order valence-electron chi connectivity index (χ1n) is 11.3. The minimum Gasteiger partial charge on any atom is -0.550 e. The van der Waals surface area contributed by atoms with E-state index in [1.807, 2.05) is 91.9 Å². The number of benzene rings is 3. The van der Waals surface area contributed by atoms with Gasteiger partial charge >= 0.3 is 18.9 Å². The number of carboxylic acid groups (broad SMARTS) is 1. The van der Waals surface area contributed by atoms with Crippen LogP contribution in [0.5, 0.6) is 5.75 Å². The summed E-state index contributed by atoms with van der Waals surface area (Å²) in [5.41, 5.74) is 3.94. The molecule has 4 rings (SSSR count). The molecule has 0 aliphatic heterocycles. The molecule has 0 saturated carbocycles. The molecular weight excluding hydrogens is 451 g/mol. The number of hydrogen-bond acceptors (Lipinski definition) is 7. The topological polar surface area (TPSA) is 97.0 Å². The Labute approximate surface area is 222 Å². The Kier molecular flexibility index (Phi) is 9.93. The Bertz CT molecular complexity index is 1270. The minimum absolute atomic E-state index is 0. The van der Waals surface area contributed by atoms with Crippen molar-refractivity contribution in [1.82, 2.24) is 4.98 Å². The van der Waals surface area contributed by atoms with Gasteiger partial charge in [0.05, 0.1) is 5.71 Å². The molecule has 0 unspecified atom stereocenters. The Balaban J connectivity index is 0.00000361. The molecule has 0 bridgehead atoms. The second-order valence-corrected chi connectivity index (χ2v) is 7.87. The second-order valence-electron chi connectivity index (χ2n) is 7.87. The van der Waals surface area contributed by atoms with Crippen LogP contribution in [0.15, 0.2) is 94.5 Å². The molecule has 1 aromatic heterocycles. The van der Waals surface area contributed by atoms with Gasteiger partial charge < -0.3 is 23.9 Å². The summed E-state index contributed by atoms with van der Waals surface area (Å²) in [6.07, 6.45) is 0.105. The summed E-state index contributed by atoms with van der Waals surface area (Å²) in [7, 11) is 0. The van der Waals surface area contributed by atoms with Gasteiger partial charge in [0.15, 0.2) is 0 Å². The maximum atomic E-state index is 10.9. The van der Waals surface area contributed by atoms with Crippen molar-refractivity contribution in [2.24, 2.45) is 5.16 Å². The zero-order chi connectivity index (χ0) is 24.5. The van der Waals surface area contributed by atoms with Gasteiger partial charge in [-0.05, 0) is 55.2 Å². The Morgan fingerprint density at radius 2 is 1.58 bits per heavy atom. The fourth-order valence-corrected chi connectivity index (χ4v) is 3.38. The zero-order valence-electron chi connectivity index (χ0n) is 20.3. The van der Waals surface area contributed by atoms with Crippen LogP contribution in [0.3, 0.4) is 0 Å². The van der Waals surface area contributed by atoms with Crippen LogP contribution in [0, 0.1) is 6.92 Å². The molecule has 7 nitrogen and oxygen atoms in total. The van der Waals surface area contributed by atoms with Crippen molar-refractivity contribution in [3.8, 4) is 17.2 Å². The zero-order valence-corrected chi connectivity index (χ0v) is 20.3. The number of oxime groups is 1. The molecule has 0 aliphatic carbocycles. The fourth-order valence-electron chi connectivity index (χ4n) is 3.38. The number of hydrogen-bond donors (Lipinski definition) is 0. The van der Waals surface area contributed by atoms with E-state index < -0.39 is 5.97 Å². The molecule has 0 spiro atoms. The molecule has 0 radical (unpaired) electrons. The molecule has 0 aliphatic rings. The number of carboxylic acids is 1. The molecule has 0 fully saturated rings. The third-order valence-electron chi connectivity index (χ3n) is 5.29. The Morgan fingerprint density at radius 1 is 0.917 bits per heavy atom. The molecule has 178 valence electrons. The average molecular weight is 476 g/mol. The van der Waals surface area contributed by atoms with Gasteiger partial charge in [0.25, 0.3) is 0 Å². The van der Waals surface area contributed by atoms with Crippen molar-refractivity contribution in [2.75, 3.05) is 0 Å². The number of carbonyl (C=O) groups excluding carboxylic acids is 1. The van der Waals surface area contributed by atoms with Gasteiger partial charge in [-0.25, -0.2) is 4.98 Å². The molecule has 0 amide bonds. The van der Waals surface area contributed by atoms with Crippen LogP contribution in [0.4, 0.5) is 0 Å². The first-order valence-corrected chi connectivity index (χ1v) is 11.3.